The van der Waals surface area contributed by atoms with Crippen LogP contribution in [0.1, 0.15) is 39.1 Å². The number of hydrogen-bond acceptors (Lipinski definition) is 3. The Morgan fingerprint density at radius 1 is 0.806 bits per heavy atom. The van der Waals surface area contributed by atoms with Gasteiger partial charge in [-0.05, 0) is 73.5 Å². The van der Waals surface area contributed by atoms with E-state index in [-0.39, 0.29) is 17.7 Å². The van der Waals surface area contributed by atoms with Gasteiger partial charge in [0.2, 0.25) is 5.91 Å². The molecule has 156 valence electrons. The second-order valence-corrected chi connectivity index (χ2v) is 7.50. The molecule has 2 N–H and O–H groups in total. The molecule has 0 radical (unpaired) electrons. The Kier molecular flexibility index (Phi) is 5.80. The van der Waals surface area contributed by atoms with E-state index < -0.39 is 0 Å². The number of aryl methyl sites for hydroxylation is 1. The van der Waals surface area contributed by atoms with Gasteiger partial charge >= 0.3 is 0 Å². The lowest BCUT2D eigenvalue weighted by Gasteiger charge is -2.19. The third-order valence-corrected chi connectivity index (χ3v) is 5.26. The predicted molar refractivity (Wildman–Crippen MR) is 122 cm³/mol. The van der Waals surface area contributed by atoms with E-state index >= 15 is 0 Å². The third kappa shape index (κ3) is 4.64. The highest BCUT2D eigenvalue weighted by atomic mass is 16.2. The van der Waals surface area contributed by atoms with Crippen molar-refractivity contribution in [1.29, 1.82) is 0 Å². The van der Waals surface area contributed by atoms with E-state index in [9.17, 15) is 14.4 Å². The molecule has 0 spiro atoms. The van der Waals surface area contributed by atoms with Crippen LogP contribution in [0.4, 0.5) is 17.1 Å². The lowest BCUT2D eigenvalue weighted by molar-refractivity contribution is -0.117. The Morgan fingerprint density at radius 2 is 1.42 bits per heavy atom. The van der Waals surface area contributed by atoms with Crippen LogP contribution in [-0.4, -0.2) is 24.3 Å². The molecule has 3 aromatic carbocycles. The van der Waals surface area contributed by atoms with Gasteiger partial charge in [0.05, 0.1) is 0 Å². The van der Waals surface area contributed by atoms with Crippen LogP contribution in [0.15, 0.2) is 72.8 Å². The maximum Gasteiger partial charge on any atom is 0.255 e. The van der Waals surface area contributed by atoms with Gasteiger partial charge < -0.3 is 15.5 Å². The fraction of sp³-hybridized carbons (Fsp3) is 0.160. The summed E-state index contributed by atoms with van der Waals surface area (Å²) >= 11 is 0. The van der Waals surface area contributed by atoms with Crippen molar-refractivity contribution in [2.45, 2.75) is 19.8 Å². The number of anilines is 3. The zero-order chi connectivity index (χ0) is 21.8. The second-order valence-electron chi connectivity index (χ2n) is 7.50. The number of amides is 3. The van der Waals surface area contributed by atoms with Gasteiger partial charge in [-0.3, -0.25) is 14.4 Å². The largest absolute Gasteiger partial charge is 0.322 e. The molecule has 0 bridgehead atoms. The summed E-state index contributed by atoms with van der Waals surface area (Å²) in [6.07, 6.45) is 1.46. The van der Waals surface area contributed by atoms with Crippen LogP contribution in [0.5, 0.6) is 0 Å². The van der Waals surface area contributed by atoms with Gasteiger partial charge in [-0.1, -0.05) is 18.2 Å². The van der Waals surface area contributed by atoms with Gasteiger partial charge in [0.15, 0.2) is 0 Å². The molecule has 1 fully saturated rings. The Morgan fingerprint density at radius 3 is 2.03 bits per heavy atom. The molecule has 4 rings (SSSR count). The highest BCUT2D eigenvalue weighted by Gasteiger charge is 2.23. The maximum absolute atomic E-state index is 12.6. The first-order valence-corrected chi connectivity index (χ1v) is 10.2. The topological polar surface area (TPSA) is 78.5 Å². The Balaban J connectivity index is 1.40. The van der Waals surface area contributed by atoms with Crippen molar-refractivity contribution < 1.29 is 14.4 Å². The molecule has 1 saturated heterocycles. The monoisotopic (exact) mass is 413 g/mol. The number of carbonyl (C=O) groups excluding carboxylic acids is 3. The van der Waals surface area contributed by atoms with Gasteiger partial charge in [0.1, 0.15) is 0 Å². The molecule has 6 nitrogen and oxygen atoms in total. The smallest absolute Gasteiger partial charge is 0.255 e. The predicted octanol–water partition coefficient (Wildman–Crippen LogP) is 4.63. The standard InChI is InChI=1S/C25H23N3O3/c1-17-16-21(13-14-22(17)28-15-5-8-23(28)29)27-25(31)19-9-11-20(12-10-19)26-24(30)18-6-3-2-4-7-18/h2-4,6-7,9-14,16H,5,8,15H2,1H3,(H,26,30)(H,27,31). The molecule has 1 heterocycles. The van der Waals surface area contributed by atoms with Crippen molar-refractivity contribution >= 4 is 34.8 Å². The molecular weight excluding hydrogens is 390 g/mol. The first-order valence-electron chi connectivity index (χ1n) is 10.2. The average molecular weight is 413 g/mol. The summed E-state index contributed by atoms with van der Waals surface area (Å²) in [4.78, 5) is 38.6. The molecule has 0 aliphatic carbocycles. The highest BCUT2D eigenvalue weighted by Crippen LogP contribution is 2.27. The molecule has 3 aromatic rings. The van der Waals surface area contributed by atoms with Crippen molar-refractivity contribution in [3.63, 3.8) is 0 Å². The van der Waals surface area contributed by atoms with Gasteiger partial charge in [-0.15, -0.1) is 0 Å². The van der Waals surface area contributed by atoms with E-state index in [2.05, 4.69) is 10.6 Å². The normalized spacial score (nSPS) is 13.2. The summed E-state index contributed by atoms with van der Waals surface area (Å²) in [6.45, 7) is 2.67. The van der Waals surface area contributed by atoms with Crippen molar-refractivity contribution in [1.82, 2.24) is 0 Å². The van der Waals surface area contributed by atoms with Crippen LogP contribution >= 0.6 is 0 Å². The fourth-order valence-corrected chi connectivity index (χ4v) is 3.64. The van der Waals surface area contributed by atoms with Crippen LogP contribution < -0.4 is 15.5 Å². The first-order chi connectivity index (χ1) is 15.0. The van der Waals surface area contributed by atoms with Crippen LogP contribution in [-0.2, 0) is 4.79 Å². The molecule has 1 aliphatic rings. The molecule has 0 atom stereocenters. The summed E-state index contributed by atoms with van der Waals surface area (Å²) in [7, 11) is 0. The summed E-state index contributed by atoms with van der Waals surface area (Å²) in [5.74, 6) is -0.311. The van der Waals surface area contributed by atoms with E-state index in [1.807, 2.05) is 25.1 Å². The van der Waals surface area contributed by atoms with Gasteiger partial charge in [-0.25, -0.2) is 0 Å². The average Bonchev–Trinajstić information content (AvgIpc) is 3.20. The summed E-state index contributed by atoms with van der Waals surface area (Å²) in [5, 5.41) is 5.70. The Hall–Kier alpha value is -3.93. The molecule has 6 heteroatoms. The van der Waals surface area contributed by atoms with Crippen molar-refractivity contribution in [3.8, 4) is 0 Å². The minimum atomic E-state index is -0.245. The quantitative estimate of drug-likeness (QED) is 0.640. The van der Waals surface area contributed by atoms with Gasteiger partial charge in [-0.2, -0.15) is 0 Å². The Labute approximate surface area is 180 Å². The molecule has 0 saturated carbocycles. The van der Waals surface area contributed by atoms with Crippen LogP contribution in [0, 0.1) is 6.92 Å². The number of carbonyl (C=O) groups is 3. The second kappa shape index (κ2) is 8.83. The lowest BCUT2D eigenvalue weighted by atomic mass is 10.1. The van der Waals surface area contributed by atoms with E-state index in [1.54, 1.807) is 59.5 Å². The number of nitrogens with zero attached hydrogens (tertiary/aromatic N) is 1. The van der Waals surface area contributed by atoms with Crippen LogP contribution in [0.25, 0.3) is 0 Å². The summed E-state index contributed by atoms with van der Waals surface area (Å²) in [6, 6.07) is 21.2. The SMILES string of the molecule is Cc1cc(NC(=O)c2ccc(NC(=O)c3ccccc3)cc2)ccc1N1CCCC1=O. The maximum atomic E-state index is 12.6. The lowest BCUT2D eigenvalue weighted by Crippen LogP contribution is -2.24. The number of hydrogen-bond donors (Lipinski definition) is 2. The van der Waals surface area contributed by atoms with E-state index in [4.69, 9.17) is 0 Å². The van der Waals surface area contributed by atoms with E-state index in [0.29, 0.717) is 28.9 Å². The van der Waals surface area contributed by atoms with Crippen molar-refractivity contribution in [2.24, 2.45) is 0 Å². The first kappa shape index (κ1) is 20.3. The highest BCUT2D eigenvalue weighted by molar-refractivity contribution is 6.06. The molecule has 3 amide bonds. The minimum absolute atomic E-state index is 0.138. The zero-order valence-corrected chi connectivity index (χ0v) is 17.2. The summed E-state index contributed by atoms with van der Waals surface area (Å²) in [5.41, 5.74) is 4.15. The summed E-state index contributed by atoms with van der Waals surface area (Å²) < 4.78 is 0. The molecule has 31 heavy (non-hydrogen) atoms. The van der Waals surface area contributed by atoms with E-state index in [0.717, 1.165) is 24.2 Å². The van der Waals surface area contributed by atoms with Crippen LogP contribution in [0.3, 0.4) is 0 Å². The third-order valence-electron chi connectivity index (χ3n) is 5.26. The van der Waals surface area contributed by atoms with Crippen LogP contribution in [0.2, 0.25) is 0 Å². The molecule has 0 aromatic heterocycles. The molecule has 1 aliphatic heterocycles. The minimum Gasteiger partial charge on any atom is -0.322 e. The fourth-order valence-electron chi connectivity index (χ4n) is 3.64. The van der Waals surface area contributed by atoms with Crippen molar-refractivity contribution in [3.05, 3.63) is 89.5 Å². The van der Waals surface area contributed by atoms with E-state index in [1.165, 1.54) is 0 Å². The number of benzene rings is 3. The Bertz CT molecular complexity index is 1120. The number of rotatable bonds is 5. The molecule has 0 unspecified atom stereocenters. The zero-order valence-electron chi connectivity index (χ0n) is 17.2. The van der Waals surface area contributed by atoms with Crippen molar-refractivity contribution in [2.75, 3.05) is 22.1 Å². The number of nitrogens with one attached hydrogen (secondary N) is 2. The van der Waals surface area contributed by atoms with Gasteiger partial charge in [0.25, 0.3) is 11.8 Å². The molecular formula is C25H23N3O3. The van der Waals surface area contributed by atoms with Gasteiger partial charge in [0, 0.05) is 41.2 Å².